The first-order valence-corrected chi connectivity index (χ1v) is 18.0. The zero-order chi connectivity index (χ0) is 35.4. The van der Waals surface area contributed by atoms with Crippen LogP contribution < -0.4 is 14.8 Å². The zero-order valence-electron chi connectivity index (χ0n) is 29.9. The minimum absolute atomic E-state index is 0.193. The van der Waals surface area contributed by atoms with Crippen LogP contribution in [0.5, 0.6) is 11.6 Å². The van der Waals surface area contributed by atoms with Crippen LogP contribution in [0.4, 0.5) is 11.6 Å². The summed E-state index contributed by atoms with van der Waals surface area (Å²) in [5, 5.41) is 22.2. The molecule has 4 aromatic rings. The lowest BCUT2D eigenvalue weighted by atomic mass is 9.89. The first kappa shape index (κ1) is 34.9. The summed E-state index contributed by atoms with van der Waals surface area (Å²) in [6.45, 7) is 9.41. The Bertz CT molecular complexity index is 1760. The van der Waals surface area contributed by atoms with Crippen molar-refractivity contribution in [3.8, 4) is 28.8 Å². The van der Waals surface area contributed by atoms with Crippen molar-refractivity contribution in [2.45, 2.75) is 96.1 Å². The molecule has 0 spiro atoms. The Morgan fingerprint density at radius 2 is 1.73 bits per heavy atom. The van der Waals surface area contributed by atoms with E-state index >= 15 is 0 Å². The van der Waals surface area contributed by atoms with E-state index in [1.54, 1.807) is 36.6 Å². The Balaban J connectivity index is 1.05. The van der Waals surface area contributed by atoms with E-state index in [1.165, 1.54) is 19.2 Å². The molecular formula is C37H48N10O4. The summed E-state index contributed by atoms with van der Waals surface area (Å²) in [6, 6.07) is 9.77. The van der Waals surface area contributed by atoms with Crippen molar-refractivity contribution in [2.75, 3.05) is 38.9 Å². The van der Waals surface area contributed by atoms with Crippen LogP contribution in [0, 0.1) is 16.7 Å². The minimum atomic E-state index is -0.232. The number of nitrogens with zero attached hydrogens (tertiary/aromatic N) is 9. The van der Waals surface area contributed by atoms with Gasteiger partial charge in [-0.3, -0.25) is 9.58 Å². The lowest BCUT2D eigenvalue weighted by Gasteiger charge is -2.43. The van der Waals surface area contributed by atoms with E-state index in [0.717, 1.165) is 55.7 Å². The molecule has 1 aromatic carbocycles. The van der Waals surface area contributed by atoms with Crippen molar-refractivity contribution in [1.29, 1.82) is 5.26 Å². The molecule has 270 valence electrons. The monoisotopic (exact) mass is 696 g/mol. The fraction of sp³-hybridized carbons (Fsp3) is 0.568. The normalized spacial score (nSPS) is 22.7. The van der Waals surface area contributed by atoms with Crippen molar-refractivity contribution in [3.05, 3.63) is 55.0 Å². The van der Waals surface area contributed by atoms with Crippen molar-refractivity contribution in [3.63, 3.8) is 0 Å². The zero-order valence-corrected chi connectivity index (χ0v) is 29.9. The van der Waals surface area contributed by atoms with Crippen molar-refractivity contribution < 1.29 is 18.9 Å². The van der Waals surface area contributed by atoms with E-state index < -0.39 is 0 Å². The number of methoxy groups -OCH3 is 1. The van der Waals surface area contributed by atoms with Gasteiger partial charge in [-0.25, -0.2) is 19.6 Å². The number of hydrogen-bond donors (Lipinski definition) is 1. The maximum atomic E-state index is 9.71. The number of aromatic nitrogens is 7. The molecule has 1 saturated carbocycles. The fourth-order valence-corrected chi connectivity index (χ4v) is 7.73. The number of anilines is 2. The summed E-state index contributed by atoms with van der Waals surface area (Å²) in [5.41, 5.74) is 2.60. The standard InChI is InChI=1S/C37H48N10O4/c1-25(17-45-24-39-23-42-45)51-34-13-26(5-6-27(34)14-38)28-15-40-36(41-16-28)43-33-18-46(44-35(33)50-22-37(2,3)21-48-4)29-7-9-30(10-8-29)47-31-11-12-32(47)20-49-19-31/h5-6,13,15-16,18,23-25,29-32H,7-12,17,19-22H2,1-4H3,(H,40,41,43)/t25?,29?,30?,31-,32+. The molecule has 51 heavy (non-hydrogen) atoms. The van der Waals surface area contributed by atoms with Crippen LogP contribution in [0.15, 0.2) is 49.4 Å². The molecule has 1 unspecified atom stereocenters. The number of hydrogen-bond acceptors (Lipinski definition) is 12. The number of ether oxygens (including phenoxy) is 4. The van der Waals surface area contributed by atoms with Crippen molar-refractivity contribution in [1.82, 2.24) is 39.4 Å². The number of rotatable bonds is 14. The molecule has 3 aromatic heterocycles. The largest absolute Gasteiger partial charge is 0.487 e. The highest BCUT2D eigenvalue weighted by Gasteiger charge is 2.42. The molecule has 1 aliphatic carbocycles. The van der Waals surface area contributed by atoms with Crippen LogP contribution in [0.2, 0.25) is 0 Å². The van der Waals surface area contributed by atoms with Gasteiger partial charge in [0.05, 0.1) is 50.8 Å². The highest BCUT2D eigenvalue weighted by atomic mass is 16.5. The predicted octanol–water partition coefficient (Wildman–Crippen LogP) is 5.41. The average molecular weight is 697 g/mol. The van der Waals surface area contributed by atoms with E-state index in [-0.39, 0.29) is 11.5 Å². The highest BCUT2D eigenvalue weighted by molar-refractivity contribution is 5.67. The summed E-state index contributed by atoms with van der Waals surface area (Å²) in [7, 11) is 1.70. The predicted molar refractivity (Wildman–Crippen MR) is 190 cm³/mol. The van der Waals surface area contributed by atoms with Gasteiger partial charge in [-0.05, 0) is 63.1 Å². The van der Waals surface area contributed by atoms with Gasteiger partial charge in [0.1, 0.15) is 36.3 Å². The lowest BCUT2D eigenvalue weighted by Crippen LogP contribution is -2.52. The molecule has 2 bridgehead atoms. The van der Waals surface area contributed by atoms with Crippen LogP contribution in [-0.2, 0) is 16.0 Å². The summed E-state index contributed by atoms with van der Waals surface area (Å²) in [5.74, 6) is 1.44. The van der Waals surface area contributed by atoms with E-state index in [0.29, 0.717) is 67.1 Å². The second kappa shape index (κ2) is 15.3. The van der Waals surface area contributed by atoms with Gasteiger partial charge in [-0.15, -0.1) is 5.10 Å². The third kappa shape index (κ3) is 8.16. The average Bonchev–Trinajstić information content (AvgIpc) is 3.85. The van der Waals surface area contributed by atoms with Gasteiger partial charge in [-0.1, -0.05) is 19.9 Å². The second-order valence-electron chi connectivity index (χ2n) is 14.8. The summed E-state index contributed by atoms with van der Waals surface area (Å²) in [4.78, 5) is 16.0. The first-order chi connectivity index (χ1) is 24.8. The van der Waals surface area contributed by atoms with Crippen LogP contribution in [0.1, 0.15) is 70.9 Å². The Morgan fingerprint density at radius 1 is 1.00 bits per heavy atom. The molecule has 2 aliphatic heterocycles. The number of fused-ring (bicyclic) bond motifs is 2. The topological polar surface area (TPSA) is 150 Å². The molecule has 0 amide bonds. The van der Waals surface area contributed by atoms with Gasteiger partial charge >= 0.3 is 0 Å². The van der Waals surface area contributed by atoms with E-state index in [9.17, 15) is 5.26 Å². The Morgan fingerprint density at radius 3 is 2.41 bits per heavy atom. The summed E-state index contributed by atoms with van der Waals surface area (Å²) in [6.07, 6.45) is 15.4. The van der Waals surface area contributed by atoms with Gasteiger partial charge < -0.3 is 24.3 Å². The van der Waals surface area contributed by atoms with Crippen molar-refractivity contribution in [2.24, 2.45) is 5.41 Å². The van der Waals surface area contributed by atoms with E-state index in [2.05, 4.69) is 54.9 Å². The van der Waals surface area contributed by atoms with Gasteiger partial charge in [-0.2, -0.15) is 10.4 Å². The van der Waals surface area contributed by atoms with Gasteiger partial charge in [0, 0.05) is 48.6 Å². The molecule has 3 fully saturated rings. The second-order valence-corrected chi connectivity index (χ2v) is 14.8. The van der Waals surface area contributed by atoms with E-state index in [1.807, 2.05) is 25.3 Å². The lowest BCUT2D eigenvalue weighted by molar-refractivity contribution is -0.0458. The molecule has 3 aliphatic rings. The van der Waals surface area contributed by atoms with Gasteiger partial charge in [0.15, 0.2) is 0 Å². The third-order valence-corrected chi connectivity index (χ3v) is 10.2. The maximum Gasteiger partial charge on any atom is 0.256 e. The highest BCUT2D eigenvalue weighted by Crippen LogP contribution is 2.40. The Labute approximate surface area is 299 Å². The first-order valence-electron chi connectivity index (χ1n) is 18.0. The SMILES string of the molecule is COCC(C)(C)COc1nn(C2CCC(N3[C@@H]4CC[C@H]3COC4)CC2)cc1Nc1ncc(-c2ccc(C#N)c(OC(C)Cn3cncn3)c2)cn1. The summed E-state index contributed by atoms with van der Waals surface area (Å²) < 4.78 is 27.5. The molecular weight excluding hydrogens is 648 g/mol. The molecule has 2 saturated heterocycles. The minimum Gasteiger partial charge on any atom is -0.487 e. The molecule has 14 nitrogen and oxygen atoms in total. The molecule has 7 rings (SSSR count). The van der Waals surface area contributed by atoms with Crippen LogP contribution in [-0.4, -0.2) is 97.2 Å². The molecule has 14 heteroatoms. The molecule has 0 radical (unpaired) electrons. The Hall–Kier alpha value is -4.58. The van der Waals surface area contributed by atoms with Crippen LogP contribution in [0.25, 0.3) is 11.1 Å². The number of nitriles is 1. The third-order valence-electron chi connectivity index (χ3n) is 10.2. The number of morpholine rings is 1. The van der Waals surface area contributed by atoms with Crippen LogP contribution >= 0.6 is 0 Å². The quantitative estimate of drug-likeness (QED) is 0.180. The van der Waals surface area contributed by atoms with Gasteiger partial charge in [0.2, 0.25) is 5.95 Å². The maximum absolute atomic E-state index is 9.71. The van der Waals surface area contributed by atoms with Gasteiger partial charge in [0.25, 0.3) is 5.88 Å². The smallest absolute Gasteiger partial charge is 0.256 e. The van der Waals surface area contributed by atoms with E-state index in [4.69, 9.17) is 24.0 Å². The molecule has 3 atom stereocenters. The molecule has 1 N–H and O–H groups in total. The summed E-state index contributed by atoms with van der Waals surface area (Å²) >= 11 is 0. The van der Waals surface area contributed by atoms with Crippen molar-refractivity contribution >= 4 is 11.6 Å². The van der Waals surface area contributed by atoms with Crippen LogP contribution in [0.3, 0.4) is 0 Å². The molecule has 5 heterocycles. The fourth-order valence-electron chi connectivity index (χ4n) is 7.73. The number of benzene rings is 1. The number of nitrogens with one attached hydrogen (secondary N) is 1. The Kier molecular flexibility index (Phi) is 10.5.